The molecule has 0 fully saturated rings. The van der Waals surface area contributed by atoms with E-state index in [9.17, 15) is 0 Å². The molecule has 0 atom stereocenters. The van der Waals surface area contributed by atoms with E-state index in [4.69, 9.17) is 46.4 Å². The largest absolute Gasteiger partial charge is 0.118 e. The van der Waals surface area contributed by atoms with E-state index in [0.717, 1.165) is 11.1 Å². The van der Waals surface area contributed by atoms with Gasteiger partial charge >= 0.3 is 0 Å². The molecule has 2 aromatic rings. The van der Waals surface area contributed by atoms with Crippen molar-refractivity contribution in [3.05, 3.63) is 69.7 Å². The third-order valence-electron chi connectivity index (χ3n) is 2.71. The van der Waals surface area contributed by atoms with Crippen LogP contribution in [0.15, 0.2) is 48.5 Å². The van der Waals surface area contributed by atoms with Crippen molar-refractivity contribution in [2.75, 3.05) is 0 Å². The first-order chi connectivity index (χ1) is 8.58. The Morgan fingerprint density at radius 3 is 1.22 bits per heavy atom. The van der Waals surface area contributed by atoms with Gasteiger partial charge in [0.25, 0.3) is 0 Å². The zero-order valence-corrected chi connectivity index (χ0v) is 12.3. The monoisotopic (exact) mass is 330 g/mol. The Kier molecular flexibility index (Phi) is 4.80. The van der Waals surface area contributed by atoms with Crippen molar-refractivity contribution in [3.8, 4) is 0 Å². The Hall–Kier alpha value is -0.400. The molecule has 0 saturated carbocycles. The number of hydrogen-bond donors (Lipinski definition) is 0. The predicted molar refractivity (Wildman–Crippen MR) is 80.2 cm³/mol. The Morgan fingerprint density at radius 2 is 0.944 bits per heavy atom. The first-order valence-corrected chi connectivity index (χ1v) is 7.00. The van der Waals surface area contributed by atoms with Gasteiger partial charge in [-0.05, 0) is 35.4 Å². The first-order valence-electron chi connectivity index (χ1n) is 5.37. The molecule has 0 aromatic heterocycles. The third-order valence-corrected chi connectivity index (χ3v) is 3.72. The highest BCUT2D eigenvalue weighted by Crippen LogP contribution is 2.34. The summed E-state index contributed by atoms with van der Waals surface area (Å²) in [4.78, 5) is -0.535. The standard InChI is InChI=1S/C14H10Cl4/c15-11-5-1-9(2-6-11)13(14(17)18)10-3-7-12(16)8-4-10/h1-8,13-14H/i1+1,2+1,3+1,4+1,5+1,6+1,7+1,8+1,9+1,10+1,11+1,12+1. The van der Waals surface area contributed by atoms with Gasteiger partial charge in [0.05, 0.1) is 0 Å². The molecule has 4 heteroatoms. The molecule has 0 unspecified atom stereocenters. The van der Waals surface area contributed by atoms with Crippen LogP contribution in [-0.4, -0.2) is 4.84 Å². The Balaban J connectivity index is 2.39. The van der Waals surface area contributed by atoms with Gasteiger partial charge in [-0.3, -0.25) is 0 Å². The minimum atomic E-state index is -0.535. The second-order valence-electron chi connectivity index (χ2n) is 3.92. The fourth-order valence-electron chi connectivity index (χ4n) is 1.82. The number of rotatable bonds is 3. The van der Waals surface area contributed by atoms with E-state index in [2.05, 4.69) is 0 Å². The summed E-state index contributed by atoms with van der Waals surface area (Å²) in [5.41, 5.74) is 2.05. The van der Waals surface area contributed by atoms with Crippen LogP contribution in [0.3, 0.4) is 0 Å². The number of benzene rings is 2. The smallest absolute Gasteiger partial charge is 0.104 e. The molecular weight excluding hydrogens is 322 g/mol. The lowest BCUT2D eigenvalue weighted by Gasteiger charge is -2.19. The minimum Gasteiger partial charge on any atom is -0.104 e. The fraction of sp³-hybridized carbons (Fsp3) is 0.143. The summed E-state index contributed by atoms with van der Waals surface area (Å²) in [6, 6.07) is 15.0. The van der Waals surface area contributed by atoms with Crippen LogP contribution in [0.1, 0.15) is 17.0 Å². The van der Waals surface area contributed by atoms with Gasteiger partial charge in [-0.1, -0.05) is 47.5 Å². The topological polar surface area (TPSA) is 0 Å². The highest BCUT2D eigenvalue weighted by atomic mass is 35.5. The van der Waals surface area contributed by atoms with Crippen LogP contribution >= 0.6 is 46.4 Å². The fourth-order valence-corrected chi connectivity index (χ4v) is 2.66. The molecule has 0 saturated heterocycles. The van der Waals surface area contributed by atoms with E-state index in [1.807, 2.05) is 48.5 Å². The average molecular weight is 332 g/mol. The van der Waals surface area contributed by atoms with Crippen LogP contribution in [0.5, 0.6) is 0 Å². The van der Waals surface area contributed by atoms with Gasteiger partial charge < -0.3 is 0 Å². The van der Waals surface area contributed by atoms with Crippen molar-refractivity contribution in [2.24, 2.45) is 0 Å². The number of halogens is 4. The van der Waals surface area contributed by atoms with Gasteiger partial charge in [0.2, 0.25) is 0 Å². The van der Waals surface area contributed by atoms with E-state index in [-0.39, 0.29) is 5.92 Å². The minimum absolute atomic E-state index is 0.0946. The second kappa shape index (κ2) is 6.16. The summed E-state index contributed by atoms with van der Waals surface area (Å²) in [5, 5.41) is 1.38. The lowest BCUT2D eigenvalue weighted by atomic mass is 10.4. The Bertz CT molecular complexity index is 457. The van der Waals surface area contributed by atoms with Crippen molar-refractivity contribution in [1.29, 1.82) is 0 Å². The lowest BCUT2D eigenvalue weighted by Crippen LogP contribution is -2.08. The molecule has 0 heterocycles. The third kappa shape index (κ3) is 3.33. The summed E-state index contributed by atoms with van der Waals surface area (Å²) in [7, 11) is 0. The zero-order valence-electron chi connectivity index (χ0n) is 9.29. The van der Waals surface area contributed by atoms with E-state index < -0.39 is 4.84 Å². The molecule has 18 heavy (non-hydrogen) atoms. The molecule has 0 aliphatic heterocycles. The van der Waals surface area contributed by atoms with E-state index in [1.165, 1.54) is 0 Å². The normalized spacial score (nSPS) is 11.2. The maximum atomic E-state index is 6.09. The van der Waals surface area contributed by atoms with Gasteiger partial charge in [-0.2, -0.15) is 0 Å². The number of hydrogen-bond acceptors (Lipinski definition) is 0. The molecule has 0 amide bonds. The molecule has 0 aliphatic carbocycles. The Labute approximate surface area is 126 Å². The van der Waals surface area contributed by atoms with Crippen LogP contribution in [-0.2, 0) is 0 Å². The molecule has 0 N–H and O–H groups in total. The van der Waals surface area contributed by atoms with Crippen molar-refractivity contribution < 1.29 is 0 Å². The van der Waals surface area contributed by atoms with E-state index in [1.54, 1.807) is 0 Å². The Morgan fingerprint density at radius 1 is 0.611 bits per heavy atom. The van der Waals surface area contributed by atoms with Crippen LogP contribution in [0.25, 0.3) is 0 Å². The zero-order chi connectivity index (χ0) is 13.1. The second-order valence-corrected chi connectivity index (χ2v) is 5.95. The maximum Gasteiger partial charge on any atom is 0.118 e. The molecule has 0 spiro atoms. The van der Waals surface area contributed by atoms with Crippen LogP contribution in [0, 0.1) is 0 Å². The molecule has 0 bridgehead atoms. The maximum absolute atomic E-state index is 6.09. The SMILES string of the molecule is ClC(Cl)C([13c]1[13cH][13cH][13c](Cl)[13cH][13cH]1)[13c]1[13cH][13cH][13c](Cl)[13cH][13cH]1. The summed E-state index contributed by atoms with van der Waals surface area (Å²) in [6.45, 7) is 0. The van der Waals surface area contributed by atoms with Crippen molar-refractivity contribution in [2.45, 2.75) is 10.8 Å². The highest BCUT2D eigenvalue weighted by Gasteiger charge is 2.21. The molecule has 0 aliphatic rings. The van der Waals surface area contributed by atoms with Gasteiger partial charge in [0.15, 0.2) is 0 Å². The predicted octanol–water partition coefficient (Wildman–Crippen LogP) is 5.93. The van der Waals surface area contributed by atoms with Gasteiger partial charge in [0, 0.05) is 16.0 Å². The number of alkyl halides is 2. The molecule has 94 valence electrons. The molecule has 0 radical (unpaired) electrons. The average Bonchev–Trinajstić information content (AvgIpc) is 2.34. The highest BCUT2D eigenvalue weighted by molar-refractivity contribution is 6.45. The van der Waals surface area contributed by atoms with Gasteiger partial charge in [-0.15, -0.1) is 23.2 Å². The molecule has 2 rings (SSSR count). The lowest BCUT2D eigenvalue weighted by molar-refractivity contribution is 0.887. The van der Waals surface area contributed by atoms with Gasteiger partial charge in [-0.25, -0.2) is 0 Å². The van der Waals surface area contributed by atoms with E-state index >= 15 is 0 Å². The van der Waals surface area contributed by atoms with Crippen molar-refractivity contribution in [1.82, 2.24) is 0 Å². The summed E-state index contributed by atoms with van der Waals surface area (Å²) in [5.74, 6) is -0.0946. The molecule has 2 aromatic carbocycles. The van der Waals surface area contributed by atoms with Gasteiger partial charge in [0.1, 0.15) is 4.84 Å². The quantitative estimate of drug-likeness (QED) is 0.611. The summed E-state index contributed by atoms with van der Waals surface area (Å²) < 4.78 is 0. The summed E-state index contributed by atoms with van der Waals surface area (Å²) >= 11 is 23.9. The summed E-state index contributed by atoms with van der Waals surface area (Å²) in [6.07, 6.45) is 0. The van der Waals surface area contributed by atoms with Crippen molar-refractivity contribution in [3.63, 3.8) is 0 Å². The van der Waals surface area contributed by atoms with Crippen LogP contribution < -0.4 is 0 Å². The van der Waals surface area contributed by atoms with E-state index in [0.29, 0.717) is 10.0 Å². The molecule has 0 nitrogen and oxygen atoms in total. The van der Waals surface area contributed by atoms with Crippen LogP contribution in [0.4, 0.5) is 0 Å². The first kappa shape index (κ1) is 14.0. The van der Waals surface area contributed by atoms with Crippen LogP contribution in [0.2, 0.25) is 10.0 Å². The van der Waals surface area contributed by atoms with Crippen molar-refractivity contribution >= 4 is 46.4 Å². The molecular formula is C14H10Cl4.